The summed E-state index contributed by atoms with van der Waals surface area (Å²) in [6.45, 7) is 10.2. The largest absolute Gasteiger partial charge is 0.395 e. The molecule has 2 amide bonds. The van der Waals surface area contributed by atoms with Crippen LogP contribution in [-0.4, -0.2) is 35.7 Å². The zero-order chi connectivity index (χ0) is 14.4. The summed E-state index contributed by atoms with van der Waals surface area (Å²) in [5.41, 5.74) is 4.08. The molecule has 0 aliphatic rings. The Balaban J connectivity index is 2.89. The van der Waals surface area contributed by atoms with Gasteiger partial charge in [0.1, 0.15) is 0 Å². The number of aryl methyl sites for hydroxylation is 3. The van der Waals surface area contributed by atoms with Gasteiger partial charge in [0, 0.05) is 18.8 Å². The molecule has 0 atom stereocenters. The fourth-order valence-electron chi connectivity index (χ4n) is 2.12. The lowest BCUT2D eigenvalue weighted by Crippen LogP contribution is -2.37. The maximum atomic E-state index is 12.1. The van der Waals surface area contributed by atoms with Crippen LogP contribution in [0.15, 0.2) is 24.8 Å². The van der Waals surface area contributed by atoms with Gasteiger partial charge >= 0.3 is 6.03 Å². The summed E-state index contributed by atoms with van der Waals surface area (Å²) >= 11 is 0. The van der Waals surface area contributed by atoms with Gasteiger partial charge in [0.15, 0.2) is 0 Å². The Morgan fingerprint density at radius 2 is 1.95 bits per heavy atom. The molecule has 0 saturated heterocycles. The minimum Gasteiger partial charge on any atom is -0.395 e. The summed E-state index contributed by atoms with van der Waals surface area (Å²) in [6.07, 6.45) is 1.64. The number of aliphatic hydroxyl groups is 1. The minimum atomic E-state index is -0.219. The van der Waals surface area contributed by atoms with E-state index < -0.39 is 0 Å². The second-order valence-corrected chi connectivity index (χ2v) is 4.66. The number of carbonyl (C=O) groups excluding carboxylic acids is 1. The molecule has 4 nitrogen and oxygen atoms in total. The van der Waals surface area contributed by atoms with Crippen molar-refractivity contribution in [2.24, 2.45) is 0 Å². The van der Waals surface area contributed by atoms with Crippen molar-refractivity contribution in [3.8, 4) is 0 Å². The molecule has 0 saturated carbocycles. The van der Waals surface area contributed by atoms with E-state index in [1.807, 2.05) is 32.9 Å². The fraction of sp³-hybridized carbons (Fsp3) is 0.400. The van der Waals surface area contributed by atoms with Crippen molar-refractivity contribution in [2.45, 2.75) is 20.8 Å². The van der Waals surface area contributed by atoms with Gasteiger partial charge in [-0.05, 0) is 31.9 Å². The minimum absolute atomic E-state index is 0.0624. The molecule has 1 aromatic rings. The number of amides is 2. The van der Waals surface area contributed by atoms with Crippen LogP contribution >= 0.6 is 0 Å². The van der Waals surface area contributed by atoms with Crippen molar-refractivity contribution in [3.63, 3.8) is 0 Å². The number of hydrogen-bond donors (Lipinski definition) is 2. The number of nitrogens with one attached hydrogen (secondary N) is 1. The predicted octanol–water partition coefficient (Wildman–Crippen LogP) is 2.62. The smallest absolute Gasteiger partial charge is 0.322 e. The molecule has 0 aromatic heterocycles. The van der Waals surface area contributed by atoms with Crippen LogP contribution in [0.25, 0.3) is 0 Å². The van der Waals surface area contributed by atoms with E-state index in [2.05, 4.69) is 11.9 Å². The Labute approximate surface area is 114 Å². The average molecular weight is 262 g/mol. The highest BCUT2D eigenvalue weighted by Crippen LogP contribution is 2.22. The van der Waals surface area contributed by atoms with E-state index in [1.165, 1.54) is 10.5 Å². The molecule has 1 rings (SSSR count). The third kappa shape index (κ3) is 4.10. The van der Waals surface area contributed by atoms with Gasteiger partial charge in [-0.15, -0.1) is 6.58 Å². The molecule has 104 valence electrons. The van der Waals surface area contributed by atoms with Gasteiger partial charge in [0.05, 0.1) is 6.61 Å². The van der Waals surface area contributed by atoms with Crippen LogP contribution in [0.4, 0.5) is 10.5 Å². The Kier molecular flexibility index (Phi) is 5.57. The SMILES string of the molecule is C=CCN(CCO)C(=O)Nc1c(C)cc(C)cc1C. The van der Waals surface area contributed by atoms with Crippen molar-refractivity contribution in [3.05, 3.63) is 41.5 Å². The van der Waals surface area contributed by atoms with Gasteiger partial charge in [0.25, 0.3) is 0 Å². The predicted molar refractivity (Wildman–Crippen MR) is 78.5 cm³/mol. The second kappa shape index (κ2) is 6.95. The molecule has 0 spiro atoms. The molecule has 0 bridgehead atoms. The monoisotopic (exact) mass is 262 g/mol. The molecule has 2 N–H and O–H groups in total. The molecule has 0 aliphatic carbocycles. The zero-order valence-electron chi connectivity index (χ0n) is 11.9. The second-order valence-electron chi connectivity index (χ2n) is 4.66. The molecule has 1 aromatic carbocycles. The van der Waals surface area contributed by atoms with E-state index in [4.69, 9.17) is 5.11 Å². The van der Waals surface area contributed by atoms with Crippen LogP contribution in [0.1, 0.15) is 16.7 Å². The molecule has 0 fully saturated rings. The highest BCUT2D eigenvalue weighted by atomic mass is 16.3. The maximum Gasteiger partial charge on any atom is 0.322 e. The first kappa shape index (κ1) is 15.2. The number of anilines is 1. The third-order valence-electron chi connectivity index (χ3n) is 2.92. The number of rotatable bonds is 5. The number of urea groups is 1. The molecular weight excluding hydrogens is 240 g/mol. The lowest BCUT2D eigenvalue weighted by atomic mass is 10.1. The van der Waals surface area contributed by atoms with Gasteiger partial charge in [-0.25, -0.2) is 4.79 Å². The fourth-order valence-corrected chi connectivity index (χ4v) is 2.12. The Bertz CT molecular complexity index is 446. The molecular formula is C15H22N2O2. The first-order valence-electron chi connectivity index (χ1n) is 6.35. The van der Waals surface area contributed by atoms with Crippen LogP contribution in [-0.2, 0) is 0 Å². The van der Waals surface area contributed by atoms with Gasteiger partial charge in [0.2, 0.25) is 0 Å². The van der Waals surface area contributed by atoms with E-state index >= 15 is 0 Å². The number of hydrogen-bond acceptors (Lipinski definition) is 2. The van der Waals surface area contributed by atoms with Crippen LogP contribution in [0.2, 0.25) is 0 Å². The van der Waals surface area contributed by atoms with E-state index in [1.54, 1.807) is 6.08 Å². The van der Waals surface area contributed by atoms with E-state index in [9.17, 15) is 4.79 Å². The number of benzene rings is 1. The summed E-state index contributed by atoms with van der Waals surface area (Å²) < 4.78 is 0. The van der Waals surface area contributed by atoms with Crippen LogP contribution < -0.4 is 5.32 Å². The van der Waals surface area contributed by atoms with Crippen molar-refractivity contribution >= 4 is 11.7 Å². The van der Waals surface area contributed by atoms with Gasteiger partial charge in [-0.1, -0.05) is 23.8 Å². The lowest BCUT2D eigenvalue weighted by Gasteiger charge is -2.22. The number of carbonyl (C=O) groups is 1. The Hall–Kier alpha value is -1.81. The first-order valence-corrected chi connectivity index (χ1v) is 6.35. The van der Waals surface area contributed by atoms with Crippen molar-refractivity contribution in [2.75, 3.05) is 25.0 Å². The van der Waals surface area contributed by atoms with Crippen molar-refractivity contribution < 1.29 is 9.90 Å². The van der Waals surface area contributed by atoms with E-state index in [0.29, 0.717) is 13.1 Å². The topological polar surface area (TPSA) is 52.6 Å². The summed E-state index contributed by atoms with van der Waals surface area (Å²) in [6, 6.07) is 3.85. The first-order chi connectivity index (χ1) is 8.99. The Morgan fingerprint density at radius 3 is 2.42 bits per heavy atom. The normalized spacial score (nSPS) is 10.1. The quantitative estimate of drug-likeness (QED) is 0.801. The standard InChI is InChI=1S/C15H22N2O2/c1-5-6-17(7-8-18)15(19)16-14-12(3)9-11(2)10-13(14)4/h5,9-10,18H,1,6-8H2,2-4H3,(H,16,19). The van der Waals surface area contributed by atoms with Crippen molar-refractivity contribution in [1.82, 2.24) is 4.90 Å². The summed E-state index contributed by atoms with van der Waals surface area (Å²) in [7, 11) is 0. The summed E-state index contributed by atoms with van der Waals surface area (Å²) in [5, 5.41) is 11.9. The number of nitrogens with zero attached hydrogens (tertiary/aromatic N) is 1. The van der Waals surface area contributed by atoms with Crippen LogP contribution in [0.5, 0.6) is 0 Å². The molecule has 4 heteroatoms. The lowest BCUT2D eigenvalue weighted by molar-refractivity contribution is 0.195. The molecule has 0 radical (unpaired) electrons. The van der Waals surface area contributed by atoms with Gasteiger partial charge < -0.3 is 15.3 Å². The maximum absolute atomic E-state index is 12.1. The summed E-state index contributed by atoms with van der Waals surface area (Å²) in [4.78, 5) is 13.7. The number of aliphatic hydroxyl groups excluding tert-OH is 1. The Morgan fingerprint density at radius 1 is 1.37 bits per heavy atom. The molecule has 0 heterocycles. The van der Waals surface area contributed by atoms with Crippen molar-refractivity contribution in [1.29, 1.82) is 0 Å². The highest BCUT2D eigenvalue weighted by molar-refractivity contribution is 5.91. The third-order valence-corrected chi connectivity index (χ3v) is 2.92. The molecule has 19 heavy (non-hydrogen) atoms. The zero-order valence-corrected chi connectivity index (χ0v) is 11.9. The van der Waals surface area contributed by atoms with Crippen LogP contribution in [0, 0.1) is 20.8 Å². The molecule has 0 aliphatic heterocycles. The summed E-state index contributed by atoms with van der Waals surface area (Å²) in [5.74, 6) is 0. The molecule has 0 unspecified atom stereocenters. The van der Waals surface area contributed by atoms with Gasteiger partial charge in [-0.2, -0.15) is 0 Å². The highest BCUT2D eigenvalue weighted by Gasteiger charge is 2.14. The van der Waals surface area contributed by atoms with E-state index in [0.717, 1.165) is 16.8 Å². The van der Waals surface area contributed by atoms with Crippen LogP contribution in [0.3, 0.4) is 0 Å². The van der Waals surface area contributed by atoms with Gasteiger partial charge in [-0.3, -0.25) is 0 Å². The van der Waals surface area contributed by atoms with E-state index in [-0.39, 0.29) is 12.6 Å². The average Bonchev–Trinajstić information content (AvgIpc) is 2.33.